The van der Waals surface area contributed by atoms with Gasteiger partial charge >= 0.3 is 0 Å². The SMILES string of the molecule is COc1cc(OC)c2c(c1)C1=C(C[C@@H](C)O1)C(=O)C2=O. The fraction of sp³-hybridized carbons (Fsp3) is 0.333. The number of benzene rings is 1. The summed E-state index contributed by atoms with van der Waals surface area (Å²) in [7, 11) is 2.99. The molecular weight excluding hydrogens is 260 g/mol. The lowest BCUT2D eigenvalue weighted by Crippen LogP contribution is -2.23. The van der Waals surface area contributed by atoms with E-state index in [1.807, 2.05) is 6.92 Å². The minimum Gasteiger partial charge on any atom is -0.497 e. The third-order valence-electron chi connectivity index (χ3n) is 3.57. The third kappa shape index (κ3) is 1.62. The Labute approximate surface area is 116 Å². The van der Waals surface area contributed by atoms with Gasteiger partial charge in [-0.1, -0.05) is 0 Å². The smallest absolute Gasteiger partial charge is 0.237 e. The van der Waals surface area contributed by atoms with E-state index in [1.54, 1.807) is 12.1 Å². The molecule has 1 aromatic rings. The second-order valence-electron chi connectivity index (χ2n) is 4.85. The molecule has 2 aliphatic rings. The minimum atomic E-state index is -0.545. The average molecular weight is 274 g/mol. The van der Waals surface area contributed by atoms with Gasteiger partial charge in [0, 0.05) is 23.6 Å². The molecule has 0 saturated carbocycles. The van der Waals surface area contributed by atoms with Crippen molar-refractivity contribution in [1.29, 1.82) is 0 Å². The van der Waals surface area contributed by atoms with Crippen molar-refractivity contribution in [3.05, 3.63) is 28.8 Å². The van der Waals surface area contributed by atoms with Crippen molar-refractivity contribution in [3.63, 3.8) is 0 Å². The standard InChI is InChI=1S/C15H14O5/c1-7-4-10-13(16)14(17)12-9(15(10)20-7)5-8(18-2)6-11(12)19-3/h5-7H,4H2,1-3H3/t7-/m1/s1. The highest BCUT2D eigenvalue weighted by Gasteiger charge is 2.40. The number of hydrogen-bond acceptors (Lipinski definition) is 5. The number of ketones is 2. The van der Waals surface area contributed by atoms with Gasteiger partial charge in [-0.2, -0.15) is 0 Å². The molecule has 1 aliphatic heterocycles. The van der Waals surface area contributed by atoms with Gasteiger partial charge in [-0.15, -0.1) is 0 Å². The van der Waals surface area contributed by atoms with Crippen LogP contribution in [0.25, 0.3) is 5.76 Å². The molecule has 1 aliphatic carbocycles. The van der Waals surface area contributed by atoms with Crippen molar-refractivity contribution in [2.75, 3.05) is 14.2 Å². The topological polar surface area (TPSA) is 61.8 Å². The van der Waals surface area contributed by atoms with Gasteiger partial charge in [-0.25, -0.2) is 0 Å². The summed E-state index contributed by atoms with van der Waals surface area (Å²) in [5, 5.41) is 0. The van der Waals surface area contributed by atoms with Crippen LogP contribution in [0.4, 0.5) is 0 Å². The number of Topliss-reactive ketones (excluding diaryl/α,β-unsaturated/α-hetero) is 2. The molecule has 0 saturated heterocycles. The first kappa shape index (κ1) is 12.7. The van der Waals surface area contributed by atoms with Crippen LogP contribution < -0.4 is 9.47 Å². The lowest BCUT2D eigenvalue weighted by Gasteiger charge is -2.19. The highest BCUT2D eigenvalue weighted by Crippen LogP contribution is 2.43. The molecule has 0 aromatic heterocycles. The first-order valence-electron chi connectivity index (χ1n) is 6.32. The summed E-state index contributed by atoms with van der Waals surface area (Å²) in [4.78, 5) is 24.4. The van der Waals surface area contributed by atoms with E-state index in [0.717, 1.165) is 0 Å². The maximum atomic E-state index is 12.3. The Bertz CT molecular complexity index is 656. The highest BCUT2D eigenvalue weighted by atomic mass is 16.5. The molecular formula is C15H14O5. The van der Waals surface area contributed by atoms with Crippen LogP contribution in [0.15, 0.2) is 17.7 Å². The van der Waals surface area contributed by atoms with Crippen LogP contribution in [0.1, 0.15) is 29.3 Å². The van der Waals surface area contributed by atoms with Crippen molar-refractivity contribution in [3.8, 4) is 11.5 Å². The van der Waals surface area contributed by atoms with E-state index < -0.39 is 11.6 Å². The monoisotopic (exact) mass is 274 g/mol. The van der Waals surface area contributed by atoms with Crippen molar-refractivity contribution in [2.45, 2.75) is 19.4 Å². The van der Waals surface area contributed by atoms with E-state index in [4.69, 9.17) is 14.2 Å². The van der Waals surface area contributed by atoms with Gasteiger partial charge in [0.05, 0.1) is 19.8 Å². The van der Waals surface area contributed by atoms with E-state index in [2.05, 4.69) is 0 Å². The Morgan fingerprint density at radius 1 is 1.15 bits per heavy atom. The fourth-order valence-corrected chi connectivity index (χ4v) is 2.65. The summed E-state index contributed by atoms with van der Waals surface area (Å²) >= 11 is 0. The average Bonchev–Trinajstić information content (AvgIpc) is 2.85. The Morgan fingerprint density at radius 2 is 1.90 bits per heavy atom. The van der Waals surface area contributed by atoms with Gasteiger partial charge in [0.1, 0.15) is 23.4 Å². The van der Waals surface area contributed by atoms with E-state index >= 15 is 0 Å². The Kier molecular flexibility index (Phi) is 2.78. The number of rotatable bonds is 2. The second-order valence-corrected chi connectivity index (χ2v) is 4.85. The number of carbonyl (C=O) groups is 2. The molecule has 0 radical (unpaired) electrons. The summed E-state index contributed by atoms with van der Waals surface area (Å²) in [5.74, 6) is 0.315. The molecule has 20 heavy (non-hydrogen) atoms. The zero-order chi connectivity index (χ0) is 14.4. The van der Waals surface area contributed by atoms with Crippen LogP contribution in [-0.4, -0.2) is 31.9 Å². The van der Waals surface area contributed by atoms with Crippen LogP contribution in [-0.2, 0) is 9.53 Å². The summed E-state index contributed by atoms with van der Waals surface area (Å²) < 4.78 is 16.1. The molecule has 5 nitrogen and oxygen atoms in total. The Balaban J connectivity index is 2.29. The van der Waals surface area contributed by atoms with Gasteiger partial charge in [-0.3, -0.25) is 9.59 Å². The first-order valence-corrected chi connectivity index (χ1v) is 6.32. The predicted octanol–water partition coefficient (Wildman–Crippen LogP) is 1.99. The molecule has 1 aromatic carbocycles. The summed E-state index contributed by atoms with van der Waals surface area (Å²) in [6, 6.07) is 3.30. The largest absolute Gasteiger partial charge is 0.497 e. The number of fused-ring (bicyclic) bond motifs is 2. The maximum Gasteiger partial charge on any atom is 0.237 e. The zero-order valence-electron chi connectivity index (χ0n) is 11.5. The third-order valence-corrected chi connectivity index (χ3v) is 3.57. The molecule has 0 bridgehead atoms. The van der Waals surface area contributed by atoms with Crippen molar-refractivity contribution >= 4 is 17.3 Å². The number of ether oxygens (including phenoxy) is 3. The van der Waals surface area contributed by atoms with Gasteiger partial charge in [0.15, 0.2) is 0 Å². The number of carbonyl (C=O) groups excluding carboxylic acids is 2. The zero-order valence-corrected chi connectivity index (χ0v) is 11.5. The van der Waals surface area contributed by atoms with E-state index in [9.17, 15) is 9.59 Å². The lowest BCUT2D eigenvalue weighted by atomic mass is 9.87. The molecule has 1 atom stereocenters. The van der Waals surface area contributed by atoms with Gasteiger partial charge in [-0.05, 0) is 13.0 Å². The van der Waals surface area contributed by atoms with Crippen molar-refractivity contribution in [1.82, 2.24) is 0 Å². The summed E-state index contributed by atoms with van der Waals surface area (Å²) in [6.45, 7) is 1.87. The van der Waals surface area contributed by atoms with E-state index in [0.29, 0.717) is 34.8 Å². The van der Waals surface area contributed by atoms with Crippen LogP contribution in [0.2, 0.25) is 0 Å². The van der Waals surface area contributed by atoms with Gasteiger partial charge in [0.2, 0.25) is 11.6 Å². The number of hydrogen-bond donors (Lipinski definition) is 0. The van der Waals surface area contributed by atoms with Crippen molar-refractivity contribution in [2.24, 2.45) is 0 Å². The van der Waals surface area contributed by atoms with Crippen LogP contribution in [0, 0.1) is 0 Å². The molecule has 0 spiro atoms. The number of methoxy groups -OCH3 is 2. The maximum absolute atomic E-state index is 12.3. The second kappa shape index (κ2) is 4.37. The molecule has 0 unspecified atom stereocenters. The molecule has 0 N–H and O–H groups in total. The van der Waals surface area contributed by atoms with Crippen LogP contribution in [0.3, 0.4) is 0 Å². The molecule has 3 rings (SSSR count). The molecule has 1 heterocycles. The van der Waals surface area contributed by atoms with E-state index in [-0.39, 0.29) is 11.7 Å². The summed E-state index contributed by atoms with van der Waals surface area (Å²) in [6.07, 6.45) is 0.346. The molecule has 5 heteroatoms. The predicted molar refractivity (Wildman–Crippen MR) is 71.0 cm³/mol. The van der Waals surface area contributed by atoms with Gasteiger partial charge in [0.25, 0.3) is 0 Å². The normalized spacial score (nSPS) is 20.4. The molecule has 0 amide bonds. The van der Waals surface area contributed by atoms with Crippen LogP contribution in [0.5, 0.6) is 11.5 Å². The van der Waals surface area contributed by atoms with E-state index in [1.165, 1.54) is 14.2 Å². The fourth-order valence-electron chi connectivity index (χ4n) is 2.65. The molecule has 0 fully saturated rings. The lowest BCUT2D eigenvalue weighted by molar-refractivity contribution is -0.112. The Morgan fingerprint density at radius 3 is 2.55 bits per heavy atom. The highest BCUT2D eigenvalue weighted by molar-refractivity contribution is 6.53. The quantitative estimate of drug-likeness (QED) is 0.772. The van der Waals surface area contributed by atoms with Crippen molar-refractivity contribution < 1.29 is 23.8 Å². The van der Waals surface area contributed by atoms with Crippen LogP contribution >= 0.6 is 0 Å². The summed E-state index contributed by atoms with van der Waals surface area (Å²) in [5.41, 5.74) is 1.28. The molecule has 104 valence electrons. The first-order chi connectivity index (χ1) is 9.56. The Hall–Kier alpha value is -2.30. The van der Waals surface area contributed by atoms with Gasteiger partial charge < -0.3 is 14.2 Å². The minimum absolute atomic E-state index is 0.111.